The molecule has 1 aromatic heterocycles. The molecule has 0 atom stereocenters. The van der Waals surface area contributed by atoms with E-state index in [-0.39, 0.29) is 11.4 Å². The van der Waals surface area contributed by atoms with Crippen LogP contribution in [0.3, 0.4) is 0 Å². The van der Waals surface area contributed by atoms with Gasteiger partial charge in [-0.3, -0.25) is 4.79 Å². The van der Waals surface area contributed by atoms with Gasteiger partial charge >= 0.3 is 0 Å². The predicted molar refractivity (Wildman–Crippen MR) is 66.5 cm³/mol. The maximum Gasteiger partial charge on any atom is 0.249 e. The van der Waals surface area contributed by atoms with Gasteiger partial charge in [0.15, 0.2) is 0 Å². The average Bonchev–Trinajstić information content (AvgIpc) is 2.95. The van der Waals surface area contributed by atoms with Crippen molar-refractivity contribution >= 4 is 17.2 Å². The summed E-state index contributed by atoms with van der Waals surface area (Å²) in [6.45, 7) is 5.31. The summed E-state index contributed by atoms with van der Waals surface area (Å²) in [7, 11) is 0. The highest BCUT2D eigenvalue weighted by molar-refractivity contribution is 7.10. The van der Waals surface area contributed by atoms with Crippen LogP contribution in [0.15, 0.2) is 11.4 Å². The molecule has 88 valence electrons. The van der Waals surface area contributed by atoms with Crippen molar-refractivity contribution < 1.29 is 4.79 Å². The van der Waals surface area contributed by atoms with E-state index in [9.17, 15) is 4.79 Å². The molecule has 0 aliphatic heterocycles. The zero-order chi connectivity index (χ0) is 11.8. The van der Waals surface area contributed by atoms with E-state index in [1.54, 1.807) is 11.3 Å². The highest BCUT2D eigenvalue weighted by Gasteiger charge is 2.37. The monoisotopic (exact) mass is 238 g/mol. The molecule has 1 aliphatic rings. The van der Waals surface area contributed by atoms with Gasteiger partial charge in [0.1, 0.15) is 0 Å². The van der Waals surface area contributed by atoms with Gasteiger partial charge in [-0.05, 0) is 38.7 Å². The molecule has 0 aromatic carbocycles. The lowest BCUT2D eigenvalue weighted by molar-refractivity contribution is 0.100. The van der Waals surface area contributed by atoms with Crippen LogP contribution in [0.2, 0.25) is 0 Å². The summed E-state index contributed by atoms with van der Waals surface area (Å²) in [5.41, 5.74) is 6.04. The molecule has 16 heavy (non-hydrogen) atoms. The molecule has 1 aromatic rings. The van der Waals surface area contributed by atoms with Crippen molar-refractivity contribution in [2.24, 2.45) is 11.7 Å². The first-order valence-corrected chi connectivity index (χ1v) is 6.49. The summed E-state index contributed by atoms with van der Waals surface area (Å²) in [6.07, 6.45) is 2.66. The topological polar surface area (TPSA) is 55.1 Å². The van der Waals surface area contributed by atoms with Crippen molar-refractivity contribution in [2.75, 3.05) is 0 Å². The quantitative estimate of drug-likeness (QED) is 0.825. The Hall–Kier alpha value is -0.870. The lowest BCUT2D eigenvalue weighted by Gasteiger charge is -2.25. The van der Waals surface area contributed by atoms with E-state index < -0.39 is 0 Å². The van der Waals surface area contributed by atoms with Gasteiger partial charge in [0.25, 0.3) is 0 Å². The van der Waals surface area contributed by atoms with E-state index in [1.165, 1.54) is 17.7 Å². The number of carbonyl (C=O) groups is 1. The first kappa shape index (κ1) is 11.6. The number of hydrogen-bond donors (Lipinski definition) is 2. The van der Waals surface area contributed by atoms with Crippen LogP contribution in [0.1, 0.15) is 41.9 Å². The number of nitrogens with one attached hydrogen (secondary N) is 1. The molecule has 0 bridgehead atoms. The van der Waals surface area contributed by atoms with Crippen LogP contribution in [-0.4, -0.2) is 11.4 Å². The van der Waals surface area contributed by atoms with Gasteiger partial charge in [-0.15, -0.1) is 11.3 Å². The molecule has 0 saturated heterocycles. The molecular formula is C12H18N2OS. The second kappa shape index (κ2) is 4.18. The van der Waals surface area contributed by atoms with Crippen LogP contribution in [0.25, 0.3) is 0 Å². The van der Waals surface area contributed by atoms with E-state index in [1.807, 2.05) is 11.4 Å². The summed E-state index contributed by atoms with van der Waals surface area (Å²) >= 11 is 1.59. The highest BCUT2D eigenvalue weighted by atomic mass is 32.1. The Morgan fingerprint density at radius 3 is 2.81 bits per heavy atom. The Labute approximate surface area is 100 Å². The lowest BCUT2D eigenvalue weighted by atomic mass is 9.99. The molecule has 1 heterocycles. The Morgan fingerprint density at radius 1 is 1.62 bits per heavy atom. The number of rotatable bonds is 5. The number of amides is 1. The third-order valence-electron chi connectivity index (χ3n) is 3.25. The summed E-state index contributed by atoms with van der Waals surface area (Å²) in [6, 6.07) is 1.88. The SMILES string of the molecule is CC(C)(NCc1cc(C(N)=O)cs1)C1CC1. The highest BCUT2D eigenvalue weighted by Crippen LogP contribution is 2.39. The molecule has 1 amide bonds. The number of nitrogens with two attached hydrogens (primary N) is 1. The van der Waals surface area contributed by atoms with Crippen LogP contribution < -0.4 is 11.1 Å². The lowest BCUT2D eigenvalue weighted by Crippen LogP contribution is -2.40. The predicted octanol–water partition coefficient (Wildman–Crippen LogP) is 2.13. The minimum atomic E-state index is -0.344. The molecular weight excluding hydrogens is 220 g/mol. The third kappa shape index (κ3) is 2.62. The normalized spacial score (nSPS) is 16.4. The van der Waals surface area contributed by atoms with E-state index in [0.717, 1.165) is 12.5 Å². The molecule has 0 radical (unpaired) electrons. The van der Waals surface area contributed by atoms with Gasteiger partial charge in [-0.2, -0.15) is 0 Å². The Balaban J connectivity index is 1.91. The summed E-state index contributed by atoms with van der Waals surface area (Å²) < 4.78 is 0. The molecule has 1 fully saturated rings. The zero-order valence-electron chi connectivity index (χ0n) is 9.75. The first-order chi connectivity index (χ1) is 7.49. The average molecular weight is 238 g/mol. The summed E-state index contributed by atoms with van der Waals surface area (Å²) in [5, 5.41) is 5.37. The fourth-order valence-corrected chi connectivity index (χ4v) is 2.68. The van der Waals surface area contributed by atoms with E-state index >= 15 is 0 Å². The molecule has 3 N–H and O–H groups in total. The molecule has 1 saturated carbocycles. The minimum absolute atomic E-state index is 0.205. The Morgan fingerprint density at radius 2 is 2.31 bits per heavy atom. The summed E-state index contributed by atoms with van der Waals surface area (Å²) in [4.78, 5) is 12.1. The van der Waals surface area contributed by atoms with Crippen molar-refractivity contribution in [1.82, 2.24) is 5.32 Å². The van der Waals surface area contributed by atoms with Crippen molar-refractivity contribution in [3.05, 3.63) is 21.9 Å². The Bertz CT molecular complexity index is 393. The second-order valence-electron chi connectivity index (χ2n) is 5.02. The van der Waals surface area contributed by atoms with Crippen LogP contribution >= 0.6 is 11.3 Å². The largest absolute Gasteiger partial charge is 0.366 e. The fourth-order valence-electron chi connectivity index (χ4n) is 1.87. The van der Waals surface area contributed by atoms with Crippen LogP contribution in [0.5, 0.6) is 0 Å². The number of hydrogen-bond acceptors (Lipinski definition) is 3. The van der Waals surface area contributed by atoms with Gasteiger partial charge < -0.3 is 11.1 Å². The fraction of sp³-hybridized carbons (Fsp3) is 0.583. The number of primary amides is 1. The smallest absolute Gasteiger partial charge is 0.249 e. The Kier molecular flexibility index (Phi) is 3.04. The maximum atomic E-state index is 10.9. The molecule has 0 spiro atoms. The number of carbonyl (C=O) groups excluding carboxylic acids is 1. The van der Waals surface area contributed by atoms with Gasteiger partial charge in [0, 0.05) is 22.3 Å². The standard InChI is InChI=1S/C12H18N2OS/c1-12(2,9-3-4-9)14-6-10-5-8(7-16-10)11(13)15/h5,7,9,14H,3-4,6H2,1-2H3,(H2,13,15). The summed E-state index contributed by atoms with van der Waals surface area (Å²) in [5.74, 6) is 0.465. The molecule has 4 heteroatoms. The second-order valence-corrected chi connectivity index (χ2v) is 6.01. The van der Waals surface area contributed by atoms with Crippen LogP contribution in [0, 0.1) is 5.92 Å². The van der Waals surface area contributed by atoms with Gasteiger partial charge in [-0.25, -0.2) is 0 Å². The van der Waals surface area contributed by atoms with Gasteiger partial charge in [0.05, 0.1) is 5.56 Å². The van der Waals surface area contributed by atoms with E-state index in [4.69, 9.17) is 5.73 Å². The maximum absolute atomic E-state index is 10.9. The van der Waals surface area contributed by atoms with Crippen molar-refractivity contribution in [3.63, 3.8) is 0 Å². The number of thiophene rings is 1. The molecule has 3 nitrogen and oxygen atoms in total. The van der Waals surface area contributed by atoms with Gasteiger partial charge in [-0.1, -0.05) is 0 Å². The molecule has 0 unspecified atom stereocenters. The van der Waals surface area contributed by atoms with Crippen LogP contribution in [-0.2, 0) is 6.54 Å². The van der Waals surface area contributed by atoms with Crippen molar-refractivity contribution in [1.29, 1.82) is 0 Å². The van der Waals surface area contributed by atoms with Gasteiger partial charge in [0.2, 0.25) is 5.91 Å². The minimum Gasteiger partial charge on any atom is -0.366 e. The molecule has 1 aliphatic carbocycles. The third-order valence-corrected chi connectivity index (χ3v) is 4.19. The van der Waals surface area contributed by atoms with Crippen LogP contribution in [0.4, 0.5) is 0 Å². The molecule has 2 rings (SSSR count). The van der Waals surface area contributed by atoms with Crippen molar-refractivity contribution in [3.8, 4) is 0 Å². The first-order valence-electron chi connectivity index (χ1n) is 5.61. The van der Waals surface area contributed by atoms with E-state index in [0.29, 0.717) is 5.56 Å². The zero-order valence-corrected chi connectivity index (χ0v) is 10.6. The van der Waals surface area contributed by atoms with Crippen molar-refractivity contribution in [2.45, 2.75) is 38.8 Å². The van der Waals surface area contributed by atoms with E-state index in [2.05, 4.69) is 19.2 Å².